The van der Waals surface area contributed by atoms with Gasteiger partial charge in [0.25, 0.3) is 0 Å². The minimum Gasteiger partial charge on any atom is -0.350 e. The van der Waals surface area contributed by atoms with Crippen LogP contribution in [0.2, 0.25) is 0 Å². The Balaban J connectivity index is 2.84. The molecule has 4 nitrogen and oxygen atoms in total. The minimum atomic E-state index is -3.24. The van der Waals surface area contributed by atoms with Gasteiger partial charge in [-0.05, 0) is 18.2 Å². The Morgan fingerprint density at radius 2 is 2.00 bits per heavy atom. The second-order valence-electron chi connectivity index (χ2n) is 3.76. The molecule has 1 aromatic heterocycles. The summed E-state index contributed by atoms with van der Waals surface area (Å²) in [5.41, 5.74) is 1.34. The number of carbonyl (C=O) groups excluding carboxylic acids is 1. The lowest BCUT2D eigenvalue weighted by atomic mass is 10.2. The summed E-state index contributed by atoms with van der Waals surface area (Å²) in [6, 6.07) is 4.79. The van der Waals surface area contributed by atoms with Crippen molar-refractivity contribution in [2.45, 2.75) is 4.90 Å². The first-order chi connectivity index (χ1) is 7.43. The van der Waals surface area contributed by atoms with E-state index in [1.165, 1.54) is 6.07 Å². The van der Waals surface area contributed by atoms with Crippen molar-refractivity contribution in [3.05, 3.63) is 30.0 Å². The van der Waals surface area contributed by atoms with E-state index in [1.54, 1.807) is 22.9 Å². The number of nitrogens with zero attached hydrogens (tertiary/aromatic N) is 1. The fraction of sp³-hybridized carbons (Fsp3) is 0.182. The Hall–Kier alpha value is -1.62. The van der Waals surface area contributed by atoms with Crippen molar-refractivity contribution in [3.63, 3.8) is 0 Å². The van der Waals surface area contributed by atoms with Crippen LogP contribution in [-0.4, -0.2) is 25.5 Å². The highest BCUT2D eigenvalue weighted by atomic mass is 32.2. The summed E-state index contributed by atoms with van der Waals surface area (Å²) < 4.78 is 24.6. The number of fused-ring (bicyclic) bond motifs is 1. The fourth-order valence-corrected chi connectivity index (χ4v) is 2.37. The van der Waals surface area contributed by atoms with Crippen molar-refractivity contribution >= 4 is 27.0 Å². The number of rotatable bonds is 2. The molecule has 84 valence electrons. The van der Waals surface area contributed by atoms with E-state index in [-0.39, 0.29) is 4.90 Å². The summed E-state index contributed by atoms with van der Waals surface area (Å²) in [6.45, 7) is 0. The maximum Gasteiger partial charge on any atom is 0.175 e. The SMILES string of the molecule is Cn1cc(C=O)c2cc(S(C)(=O)=O)ccc21. The first kappa shape index (κ1) is 10.9. The van der Waals surface area contributed by atoms with E-state index < -0.39 is 9.84 Å². The average molecular weight is 237 g/mol. The van der Waals surface area contributed by atoms with Gasteiger partial charge in [-0.3, -0.25) is 4.79 Å². The van der Waals surface area contributed by atoms with Crippen LogP contribution in [0.3, 0.4) is 0 Å². The van der Waals surface area contributed by atoms with Gasteiger partial charge >= 0.3 is 0 Å². The molecule has 2 aromatic rings. The lowest BCUT2D eigenvalue weighted by Crippen LogP contribution is -1.96. The molecule has 0 saturated carbocycles. The molecule has 0 radical (unpaired) electrons. The van der Waals surface area contributed by atoms with Gasteiger partial charge in [0.2, 0.25) is 0 Å². The Morgan fingerprint density at radius 3 is 2.56 bits per heavy atom. The number of carbonyl (C=O) groups is 1. The van der Waals surface area contributed by atoms with Gasteiger partial charge in [0.05, 0.1) is 4.90 Å². The maximum absolute atomic E-state index is 11.4. The van der Waals surface area contributed by atoms with Gasteiger partial charge in [-0.2, -0.15) is 0 Å². The molecule has 5 heteroatoms. The second kappa shape index (κ2) is 3.45. The number of hydrogen-bond donors (Lipinski definition) is 0. The van der Waals surface area contributed by atoms with Crippen molar-refractivity contribution in [1.82, 2.24) is 4.57 Å². The number of hydrogen-bond acceptors (Lipinski definition) is 3. The lowest BCUT2D eigenvalue weighted by molar-refractivity contribution is 0.112. The first-order valence-corrected chi connectivity index (χ1v) is 6.57. The van der Waals surface area contributed by atoms with E-state index in [0.29, 0.717) is 10.9 Å². The number of sulfone groups is 1. The molecule has 16 heavy (non-hydrogen) atoms. The van der Waals surface area contributed by atoms with Crippen LogP contribution in [0.1, 0.15) is 10.4 Å². The molecule has 0 bridgehead atoms. The van der Waals surface area contributed by atoms with E-state index >= 15 is 0 Å². The van der Waals surface area contributed by atoms with Gasteiger partial charge in [0, 0.05) is 36.0 Å². The maximum atomic E-state index is 11.4. The third-order valence-corrected chi connectivity index (χ3v) is 3.66. The number of aldehydes is 1. The molecule has 0 amide bonds. The van der Waals surface area contributed by atoms with Crippen LogP contribution in [0, 0.1) is 0 Å². The summed E-state index contributed by atoms with van der Waals surface area (Å²) >= 11 is 0. The van der Waals surface area contributed by atoms with Gasteiger partial charge in [-0.1, -0.05) is 0 Å². The summed E-state index contributed by atoms with van der Waals surface area (Å²) in [6.07, 6.45) is 3.57. The highest BCUT2D eigenvalue weighted by molar-refractivity contribution is 7.90. The summed E-state index contributed by atoms with van der Waals surface area (Å²) in [5, 5.41) is 0.667. The molecule has 0 spiro atoms. The first-order valence-electron chi connectivity index (χ1n) is 4.68. The number of benzene rings is 1. The molecular formula is C11H11NO3S. The number of aromatic nitrogens is 1. The van der Waals surface area contributed by atoms with E-state index in [0.717, 1.165) is 18.1 Å². The van der Waals surface area contributed by atoms with E-state index in [4.69, 9.17) is 0 Å². The third kappa shape index (κ3) is 1.63. The molecule has 2 rings (SSSR count). The zero-order valence-corrected chi connectivity index (χ0v) is 9.78. The van der Waals surface area contributed by atoms with Crippen molar-refractivity contribution in [3.8, 4) is 0 Å². The van der Waals surface area contributed by atoms with Gasteiger partial charge < -0.3 is 4.57 Å². The number of aryl methyl sites for hydroxylation is 1. The van der Waals surface area contributed by atoms with Crippen LogP contribution in [0.4, 0.5) is 0 Å². The molecule has 0 aliphatic rings. The van der Waals surface area contributed by atoms with Crippen molar-refractivity contribution in [1.29, 1.82) is 0 Å². The quantitative estimate of drug-likeness (QED) is 0.742. The molecule has 0 atom stereocenters. The van der Waals surface area contributed by atoms with Crippen LogP contribution >= 0.6 is 0 Å². The molecule has 0 aliphatic heterocycles. The summed E-state index contributed by atoms with van der Waals surface area (Å²) in [4.78, 5) is 11.1. The van der Waals surface area contributed by atoms with Crippen molar-refractivity contribution in [2.24, 2.45) is 7.05 Å². The molecular weight excluding hydrogens is 226 g/mol. The zero-order valence-electron chi connectivity index (χ0n) is 8.97. The molecule has 1 heterocycles. The van der Waals surface area contributed by atoms with Crippen LogP contribution in [0.5, 0.6) is 0 Å². The van der Waals surface area contributed by atoms with Gasteiger partial charge in [0.1, 0.15) is 0 Å². The highest BCUT2D eigenvalue weighted by Gasteiger charge is 2.11. The fourth-order valence-electron chi connectivity index (χ4n) is 1.73. The van der Waals surface area contributed by atoms with E-state index in [1.807, 2.05) is 7.05 Å². The normalized spacial score (nSPS) is 11.9. The topological polar surface area (TPSA) is 56.1 Å². The molecule has 0 fully saturated rings. The Kier molecular flexibility index (Phi) is 2.35. The van der Waals surface area contributed by atoms with E-state index in [9.17, 15) is 13.2 Å². The van der Waals surface area contributed by atoms with Gasteiger partial charge in [-0.25, -0.2) is 8.42 Å². The minimum absolute atomic E-state index is 0.231. The molecule has 0 N–H and O–H groups in total. The Morgan fingerprint density at radius 1 is 1.31 bits per heavy atom. The Labute approximate surface area is 93.4 Å². The predicted molar refractivity (Wildman–Crippen MR) is 61.4 cm³/mol. The third-order valence-electron chi connectivity index (χ3n) is 2.55. The molecule has 1 aromatic carbocycles. The largest absolute Gasteiger partial charge is 0.350 e. The summed E-state index contributed by atoms with van der Waals surface area (Å²) in [5.74, 6) is 0. The smallest absolute Gasteiger partial charge is 0.175 e. The molecule has 0 aliphatic carbocycles. The molecule has 0 saturated heterocycles. The van der Waals surface area contributed by atoms with Crippen molar-refractivity contribution < 1.29 is 13.2 Å². The Bertz CT molecular complexity index is 668. The van der Waals surface area contributed by atoms with Crippen molar-refractivity contribution in [2.75, 3.05) is 6.26 Å². The van der Waals surface area contributed by atoms with Crippen LogP contribution in [0.15, 0.2) is 29.3 Å². The van der Waals surface area contributed by atoms with Crippen LogP contribution < -0.4 is 0 Å². The monoisotopic (exact) mass is 237 g/mol. The van der Waals surface area contributed by atoms with Crippen LogP contribution in [-0.2, 0) is 16.9 Å². The standard InChI is InChI=1S/C11H11NO3S/c1-12-6-8(7-13)10-5-9(16(2,14)15)3-4-11(10)12/h3-7H,1-2H3. The lowest BCUT2D eigenvalue weighted by Gasteiger charge is -2.00. The second-order valence-corrected chi connectivity index (χ2v) is 5.78. The molecule has 0 unspecified atom stereocenters. The van der Waals surface area contributed by atoms with Gasteiger partial charge in [0.15, 0.2) is 16.1 Å². The van der Waals surface area contributed by atoms with Gasteiger partial charge in [-0.15, -0.1) is 0 Å². The predicted octanol–water partition coefficient (Wildman–Crippen LogP) is 1.39. The van der Waals surface area contributed by atoms with Crippen LogP contribution in [0.25, 0.3) is 10.9 Å². The highest BCUT2D eigenvalue weighted by Crippen LogP contribution is 2.22. The summed E-state index contributed by atoms with van der Waals surface area (Å²) in [7, 11) is -1.42. The average Bonchev–Trinajstić information content (AvgIpc) is 2.54. The van der Waals surface area contributed by atoms with E-state index in [2.05, 4.69) is 0 Å². The zero-order chi connectivity index (χ0) is 11.9.